The molecule has 42 heavy (non-hydrogen) atoms. The van der Waals surface area contributed by atoms with Crippen molar-refractivity contribution in [3.63, 3.8) is 0 Å². The quantitative estimate of drug-likeness (QED) is 0.174. The van der Waals surface area contributed by atoms with E-state index in [2.05, 4.69) is 0 Å². The van der Waals surface area contributed by atoms with Crippen LogP contribution in [0.25, 0.3) is 0 Å². The average Bonchev–Trinajstić information content (AvgIpc) is 3.62. The monoisotopic (exact) mass is 594 g/mol. The predicted octanol–water partition coefficient (Wildman–Crippen LogP) is 3.88. The Balaban J connectivity index is 1.57. The number of hydrogen-bond donors (Lipinski definition) is 0. The van der Waals surface area contributed by atoms with E-state index >= 15 is 0 Å². The van der Waals surface area contributed by atoms with Crippen LogP contribution >= 0.6 is 0 Å². The van der Waals surface area contributed by atoms with E-state index < -0.39 is 64.7 Å². The molecule has 2 aliphatic carbocycles. The zero-order valence-corrected chi connectivity index (χ0v) is 26.1. The van der Waals surface area contributed by atoms with Gasteiger partial charge >= 0.3 is 29.8 Å². The SMILES string of the molecule is CCC(C)(CC(C)(CC(C)(C)C(=O)OC1CCOC1=O)C(=O)OC1C2CC3C(=O)OC1C3C2)C(=O)OC(C)OC(C)C. The van der Waals surface area contributed by atoms with Gasteiger partial charge in [-0.25, -0.2) is 4.79 Å². The van der Waals surface area contributed by atoms with E-state index in [0.29, 0.717) is 12.8 Å². The van der Waals surface area contributed by atoms with Gasteiger partial charge in [-0.15, -0.1) is 0 Å². The molecule has 0 N–H and O–H groups in total. The van der Waals surface area contributed by atoms with Crippen LogP contribution in [0.5, 0.6) is 0 Å². The molecule has 2 saturated heterocycles. The second-order valence-corrected chi connectivity index (χ2v) is 14.0. The van der Waals surface area contributed by atoms with Gasteiger partial charge in [0.2, 0.25) is 6.10 Å². The summed E-state index contributed by atoms with van der Waals surface area (Å²) in [6.45, 7) is 14.0. The number of hydrogen-bond acceptors (Lipinski definition) is 11. The molecular weight excluding hydrogens is 548 g/mol. The van der Waals surface area contributed by atoms with Crippen LogP contribution in [0.15, 0.2) is 0 Å². The third kappa shape index (κ3) is 6.31. The van der Waals surface area contributed by atoms with E-state index in [-0.39, 0.29) is 55.7 Å². The average molecular weight is 595 g/mol. The Morgan fingerprint density at radius 2 is 1.60 bits per heavy atom. The fourth-order valence-corrected chi connectivity index (χ4v) is 7.36. The van der Waals surface area contributed by atoms with Gasteiger partial charge < -0.3 is 28.4 Å². The van der Waals surface area contributed by atoms with E-state index in [4.69, 9.17) is 28.4 Å². The largest absolute Gasteiger partial charge is 0.463 e. The van der Waals surface area contributed by atoms with Gasteiger partial charge in [-0.05, 0) is 80.6 Å². The van der Waals surface area contributed by atoms with Gasteiger partial charge in [0.1, 0.15) is 12.2 Å². The van der Waals surface area contributed by atoms with Crippen molar-refractivity contribution in [1.29, 1.82) is 0 Å². The summed E-state index contributed by atoms with van der Waals surface area (Å²) in [5, 5.41) is 0. The maximum Gasteiger partial charge on any atom is 0.347 e. The molecule has 4 rings (SSSR count). The summed E-state index contributed by atoms with van der Waals surface area (Å²) in [6, 6.07) is 0. The molecule has 2 bridgehead atoms. The van der Waals surface area contributed by atoms with E-state index in [1.165, 1.54) is 0 Å². The smallest absolute Gasteiger partial charge is 0.347 e. The first-order chi connectivity index (χ1) is 19.5. The molecule has 0 amide bonds. The van der Waals surface area contributed by atoms with Gasteiger partial charge in [-0.2, -0.15) is 0 Å². The first kappa shape index (κ1) is 32.2. The highest BCUT2D eigenvalue weighted by atomic mass is 16.7. The summed E-state index contributed by atoms with van der Waals surface area (Å²) in [4.78, 5) is 65.2. The normalized spacial score (nSPS) is 31.6. The first-order valence-electron chi connectivity index (χ1n) is 15.2. The lowest BCUT2D eigenvalue weighted by atomic mass is 9.65. The zero-order valence-electron chi connectivity index (χ0n) is 26.1. The van der Waals surface area contributed by atoms with Crippen LogP contribution < -0.4 is 0 Å². The van der Waals surface area contributed by atoms with E-state index in [1.54, 1.807) is 34.6 Å². The number of rotatable bonds is 13. The molecule has 2 heterocycles. The fourth-order valence-electron chi connectivity index (χ4n) is 7.36. The van der Waals surface area contributed by atoms with Crippen LogP contribution in [0, 0.1) is 34.0 Å². The van der Waals surface area contributed by atoms with Crippen LogP contribution in [0.1, 0.15) is 93.9 Å². The van der Waals surface area contributed by atoms with Gasteiger partial charge in [-0.1, -0.05) is 6.92 Å². The third-order valence-electron chi connectivity index (χ3n) is 9.46. The highest BCUT2D eigenvalue weighted by molar-refractivity contribution is 5.85. The van der Waals surface area contributed by atoms with E-state index in [1.807, 2.05) is 20.8 Å². The number of cyclic esters (lactones) is 1. The Hall–Kier alpha value is -2.69. The lowest BCUT2D eigenvalue weighted by Crippen LogP contribution is -2.47. The van der Waals surface area contributed by atoms with Gasteiger partial charge in [-0.3, -0.25) is 19.2 Å². The Morgan fingerprint density at radius 3 is 2.19 bits per heavy atom. The summed E-state index contributed by atoms with van der Waals surface area (Å²) in [5.41, 5.74) is -3.71. The summed E-state index contributed by atoms with van der Waals surface area (Å²) in [6.07, 6.45) is -1.02. The minimum absolute atomic E-state index is 0.0125. The van der Waals surface area contributed by atoms with E-state index in [9.17, 15) is 24.0 Å². The highest BCUT2D eigenvalue weighted by Crippen LogP contribution is 2.56. The minimum Gasteiger partial charge on any atom is -0.463 e. The predicted molar refractivity (Wildman–Crippen MR) is 146 cm³/mol. The summed E-state index contributed by atoms with van der Waals surface area (Å²) in [7, 11) is 0. The lowest BCUT2D eigenvalue weighted by molar-refractivity contribution is -0.196. The number of ether oxygens (including phenoxy) is 6. The molecule has 11 heteroatoms. The van der Waals surface area contributed by atoms with Crippen molar-refractivity contribution in [2.45, 2.75) is 125 Å². The van der Waals surface area contributed by atoms with Gasteiger partial charge in [0, 0.05) is 18.3 Å². The molecule has 2 saturated carbocycles. The van der Waals surface area contributed by atoms with Crippen molar-refractivity contribution in [1.82, 2.24) is 0 Å². The van der Waals surface area contributed by atoms with Crippen molar-refractivity contribution in [3.8, 4) is 0 Å². The Morgan fingerprint density at radius 1 is 0.905 bits per heavy atom. The fraction of sp³-hybridized carbons (Fsp3) is 0.839. The minimum atomic E-state index is -1.35. The van der Waals surface area contributed by atoms with Crippen molar-refractivity contribution >= 4 is 29.8 Å². The molecule has 11 nitrogen and oxygen atoms in total. The standard InChI is InChI=1S/C31H46O11/c1-9-30(7,27(35)39-17(4)38-16(2)3)15-31(8,14-29(5,6)26(34)40-21-10-11-37-25(21)33)28(36)42-22-18-12-19-20(13-18)24(32)41-23(19)22/h16-23H,9-15H2,1-8H3. The van der Waals surface area contributed by atoms with Crippen LogP contribution in [-0.4, -0.2) is 67.2 Å². The molecule has 2 aliphatic heterocycles. The third-order valence-corrected chi connectivity index (χ3v) is 9.46. The van der Waals surface area contributed by atoms with Gasteiger partial charge in [0.25, 0.3) is 0 Å². The van der Waals surface area contributed by atoms with Crippen molar-refractivity contribution < 1.29 is 52.4 Å². The molecule has 0 aromatic carbocycles. The Kier molecular flexibility index (Phi) is 9.03. The lowest BCUT2D eigenvalue weighted by Gasteiger charge is -2.41. The molecule has 9 unspecified atom stereocenters. The number of carbonyl (C=O) groups is 5. The van der Waals surface area contributed by atoms with Crippen molar-refractivity contribution in [2.75, 3.05) is 6.61 Å². The number of carbonyl (C=O) groups excluding carboxylic acids is 5. The van der Waals surface area contributed by atoms with Crippen molar-refractivity contribution in [2.24, 2.45) is 34.0 Å². The Labute approximate surface area is 247 Å². The number of fused-ring (bicyclic) bond motifs is 1. The molecule has 236 valence electrons. The van der Waals surface area contributed by atoms with Crippen LogP contribution in [-0.2, 0) is 52.4 Å². The molecular formula is C31H46O11. The number of esters is 5. The first-order valence-corrected chi connectivity index (χ1v) is 15.2. The summed E-state index contributed by atoms with van der Waals surface area (Å²) < 4.78 is 33.4. The highest BCUT2D eigenvalue weighted by Gasteiger charge is 2.64. The van der Waals surface area contributed by atoms with E-state index in [0.717, 1.165) is 6.42 Å². The molecule has 0 spiro atoms. The summed E-state index contributed by atoms with van der Waals surface area (Å²) in [5.74, 6) is -2.67. The van der Waals surface area contributed by atoms with Gasteiger partial charge in [0.05, 0.1) is 34.9 Å². The van der Waals surface area contributed by atoms with Crippen LogP contribution in [0.2, 0.25) is 0 Å². The van der Waals surface area contributed by atoms with Crippen LogP contribution in [0.3, 0.4) is 0 Å². The maximum atomic E-state index is 14.2. The molecule has 4 fully saturated rings. The van der Waals surface area contributed by atoms with Crippen molar-refractivity contribution in [3.05, 3.63) is 0 Å². The maximum absolute atomic E-state index is 14.2. The second kappa shape index (κ2) is 11.8. The molecule has 0 aromatic heterocycles. The molecule has 4 aliphatic rings. The van der Waals surface area contributed by atoms with Gasteiger partial charge in [0.15, 0.2) is 6.29 Å². The second-order valence-electron chi connectivity index (χ2n) is 14.0. The van der Waals surface area contributed by atoms with Crippen LogP contribution in [0.4, 0.5) is 0 Å². The topological polar surface area (TPSA) is 141 Å². The summed E-state index contributed by atoms with van der Waals surface area (Å²) >= 11 is 0. The molecule has 9 atom stereocenters. The molecule has 0 radical (unpaired) electrons. The zero-order chi connectivity index (χ0) is 31.2. The molecule has 0 aromatic rings. The Bertz CT molecular complexity index is 1100.